The molecule has 3 heterocycles. The molecule has 1 aliphatic heterocycles. The van der Waals surface area contributed by atoms with Crippen molar-refractivity contribution >= 4 is 5.84 Å². The molecule has 3 aromatic rings. The third-order valence-corrected chi connectivity index (χ3v) is 3.77. The summed E-state index contributed by atoms with van der Waals surface area (Å²) in [6.45, 7) is 1.71. The molecule has 23 heavy (non-hydrogen) atoms. The SMILES string of the molecule is c1ccc(-c2noc(-c3ccccn3)c2C2=NCCCN2)cc1. The van der Waals surface area contributed by atoms with Gasteiger partial charge >= 0.3 is 0 Å². The number of nitrogens with one attached hydrogen (secondary N) is 1. The molecule has 0 amide bonds. The summed E-state index contributed by atoms with van der Waals surface area (Å²) in [7, 11) is 0. The molecule has 0 fully saturated rings. The number of amidine groups is 1. The average Bonchev–Trinajstić information content (AvgIpc) is 3.09. The minimum atomic E-state index is 0.651. The highest BCUT2D eigenvalue weighted by atomic mass is 16.5. The van der Waals surface area contributed by atoms with Crippen LogP contribution in [0.25, 0.3) is 22.7 Å². The molecular formula is C18H16N4O. The molecule has 0 radical (unpaired) electrons. The van der Waals surface area contributed by atoms with Crippen molar-refractivity contribution in [2.45, 2.75) is 6.42 Å². The second-order valence-electron chi connectivity index (χ2n) is 5.33. The summed E-state index contributed by atoms with van der Waals surface area (Å²) in [6, 6.07) is 15.7. The van der Waals surface area contributed by atoms with E-state index in [0.717, 1.165) is 47.9 Å². The van der Waals surface area contributed by atoms with Crippen LogP contribution in [0, 0.1) is 0 Å². The van der Waals surface area contributed by atoms with Crippen molar-refractivity contribution in [1.82, 2.24) is 15.5 Å². The van der Waals surface area contributed by atoms with Crippen LogP contribution in [0.3, 0.4) is 0 Å². The zero-order valence-corrected chi connectivity index (χ0v) is 12.6. The van der Waals surface area contributed by atoms with Crippen molar-refractivity contribution in [1.29, 1.82) is 0 Å². The van der Waals surface area contributed by atoms with E-state index in [1.165, 1.54) is 0 Å². The van der Waals surface area contributed by atoms with E-state index < -0.39 is 0 Å². The van der Waals surface area contributed by atoms with Crippen molar-refractivity contribution in [2.24, 2.45) is 4.99 Å². The minimum absolute atomic E-state index is 0.651. The Morgan fingerprint density at radius 3 is 2.61 bits per heavy atom. The highest BCUT2D eigenvalue weighted by Gasteiger charge is 2.24. The van der Waals surface area contributed by atoms with Gasteiger partial charge in [-0.15, -0.1) is 0 Å². The molecule has 1 N–H and O–H groups in total. The number of hydrogen-bond acceptors (Lipinski definition) is 5. The molecule has 0 unspecified atom stereocenters. The van der Waals surface area contributed by atoms with Crippen molar-refractivity contribution in [3.05, 3.63) is 60.3 Å². The summed E-state index contributed by atoms with van der Waals surface area (Å²) < 4.78 is 5.66. The molecule has 2 aromatic heterocycles. The zero-order valence-electron chi connectivity index (χ0n) is 12.6. The fraction of sp³-hybridized carbons (Fsp3) is 0.167. The van der Waals surface area contributed by atoms with Crippen molar-refractivity contribution in [2.75, 3.05) is 13.1 Å². The van der Waals surface area contributed by atoms with Gasteiger partial charge in [0.1, 0.15) is 17.2 Å². The molecule has 0 bridgehead atoms. The second kappa shape index (κ2) is 6.04. The Labute approximate surface area is 134 Å². The topological polar surface area (TPSA) is 63.3 Å². The van der Waals surface area contributed by atoms with Crippen LogP contribution >= 0.6 is 0 Å². The third kappa shape index (κ3) is 2.61. The maximum absolute atomic E-state index is 5.66. The van der Waals surface area contributed by atoms with Crippen molar-refractivity contribution in [3.63, 3.8) is 0 Å². The predicted molar refractivity (Wildman–Crippen MR) is 89.2 cm³/mol. The van der Waals surface area contributed by atoms with Crippen LogP contribution in [0.5, 0.6) is 0 Å². The van der Waals surface area contributed by atoms with Crippen LogP contribution in [0.1, 0.15) is 12.0 Å². The fourth-order valence-electron chi connectivity index (χ4n) is 2.67. The molecule has 1 aromatic carbocycles. The number of benzene rings is 1. The normalized spacial score (nSPS) is 14.2. The Kier molecular flexibility index (Phi) is 3.60. The molecule has 5 heteroatoms. The monoisotopic (exact) mass is 304 g/mol. The average molecular weight is 304 g/mol. The Bertz CT molecular complexity index is 768. The van der Waals surface area contributed by atoms with Gasteiger partial charge in [-0.3, -0.25) is 9.98 Å². The van der Waals surface area contributed by atoms with Gasteiger partial charge in [-0.05, 0) is 18.6 Å². The van der Waals surface area contributed by atoms with Crippen molar-refractivity contribution in [3.8, 4) is 22.7 Å². The minimum Gasteiger partial charge on any atom is -0.370 e. The smallest absolute Gasteiger partial charge is 0.196 e. The van der Waals surface area contributed by atoms with Gasteiger partial charge in [0.25, 0.3) is 0 Å². The first-order chi connectivity index (χ1) is 11.4. The summed E-state index contributed by atoms with van der Waals surface area (Å²) in [5.41, 5.74) is 3.43. The summed E-state index contributed by atoms with van der Waals surface area (Å²) >= 11 is 0. The maximum Gasteiger partial charge on any atom is 0.196 e. The van der Waals surface area contributed by atoms with Gasteiger partial charge in [-0.2, -0.15) is 0 Å². The molecule has 0 saturated heterocycles. The van der Waals surface area contributed by atoms with Gasteiger partial charge in [0, 0.05) is 24.8 Å². The van der Waals surface area contributed by atoms with Gasteiger partial charge in [-0.25, -0.2) is 0 Å². The van der Waals surface area contributed by atoms with Gasteiger partial charge in [0.15, 0.2) is 5.76 Å². The molecule has 4 rings (SSSR count). The quantitative estimate of drug-likeness (QED) is 0.807. The number of rotatable bonds is 3. The molecule has 0 saturated carbocycles. The first kappa shape index (κ1) is 13.7. The lowest BCUT2D eigenvalue weighted by molar-refractivity contribution is 0.433. The Morgan fingerprint density at radius 1 is 1.00 bits per heavy atom. The predicted octanol–water partition coefficient (Wildman–Crippen LogP) is 3.14. The van der Waals surface area contributed by atoms with Gasteiger partial charge in [0.2, 0.25) is 0 Å². The lowest BCUT2D eigenvalue weighted by Gasteiger charge is -2.15. The summed E-state index contributed by atoms with van der Waals surface area (Å²) in [4.78, 5) is 9.02. The highest BCUT2D eigenvalue weighted by Crippen LogP contribution is 2.31. The van der Waals surface area contributed by atoms with Crippen LogP contribution < -0.4 is 5.32 Å². The van der Waals surface area contributed by atoms with Crippen LogP contribution in [-0.4, -0.2) is 29.1 Å². The fourth-order valence-corrected chi connectivity index (χ4v) is 2.67. The van der Waals surface area contributed by atoms with E-state index in [4.69, 9.17) is 4.52 Å². The molecule has 0 aliphatic carbocycles. The van der Waals surface area contributed by atoms with Crippen LogP contribution in [-0.2, 0) is 0 Å². The molecule has 0 spiro atoms. The van der Waals surface area contributed by atoms with E-state index in [1.807, 2.05) is 48.5 Å². The van der Waals surface area contributed by atoms with Crippen LogP contribution in [0.2, 0.25) is 0 Å². The Hall–Kier alpha value is -2.95. The Morgan fingerprint density at radius 2 is 1.87 bits per heavy atom. The highest BCUT2D eigenvalue weighted by molar-refractivity contribution is 6.08. The number of aromatic nitrogens is 2. The molecule has 114 valence electrons. The van der Waals surface area contributed by atoms with E-state index in [1.54, 1.807) is 6.20 Å². The number of hydrogen-bond donors (Lipinski definition) is 1. The lowest BCUT2D eigenvalue weighted by atomic mass is 10.0. The standard InChI is InChI=1S/C18H16N4O/c1-2-7-13(8-3-1)16-15(18-20-11-6-12-21-18)17(23-22-16)14-9-4-5-10-19-14/h1-5,7-10H,6,11-12H2,(H,20,21). The first-order valence-corrected chi connectivity index (χ1v) is 7.68. The summed E-state index contributed by atoms with van der Waals surface area (Å²) in [5.74, 6) is 1.48. The number of pyridine rings is 1. The molecule has 0 atom stereocenters. The largest absolute Gasteiger partial charge is 0.370 e. The molecule has 5 nitrogen and oxygen atoms in total. The van der Waals surface area contributed by atoms with E-state index >= 15 is 0 Å². The van der Waals surface area contributed by atoms with E-state index in [0.29, 0.717) is 5.76 Å². The van der Waals surface area contributed by atoms with Gasteiger partial charge in [-0.1, -0.05) is 41.6 Å². The second-order valence-corrected chi connectivity index (χ2v) is 5.33. The van der Waals surface area contributed by atoms with E-state index in [2.05, 4.69) is 20.4 Å². The Balaban J connectivity index is 1.91. The molecule has 1 aliphatic rings. The zero-order chi connectivity index (χ0) is 15.5. The van der Waals surface area contributed by atoms with Gasteiger partial charge < -0.3 is 9.84 Å². The molecular weight excluding hydrogens is 288 g/mol. The lowest BCUT2D eigenvalue weighted by Crippen LogP contribution is -2.30. The summed E-state index contributed by atoms with van der Waals surface area (Å²) in [6.07, 6.45) is 2.79. The maximum atomic E-state index is 5.66. The van der Waals surface area contributed by atoms with Gasteiger partial charge in [0.05, 0.1) is 5.56 Å². The van der Waals surface area contributed by atoms with Crippen LogP contribution in [0.4, 0.5) is 0 Å². The first-order valence-electron chi connectivity index (χ1n) is 7.68. The summed E-state index contributed by atoms with van der Waals surface area (Å²) in [5, 5.41) is 7.67. The third-order valence-electron chi connectivity index (χ3n) is 3.77. The van der Waals surface area contributed by atoms with Crippen LogP contribution in [0.15, 0.2) is 64.2 Å². The number of nitrogens with zero attached hydrogens (tertiary/aromatic N) is 3. The van der Waals surface area contributed by atoms with E-state index in [-0.39, 0.29) is 0 Å². The number of aliphatic imine (C=N–C) groups is 1. The van der Waals surface area contributed by atoms with E-state index in [9.17, 15) is 0 Å². The van der Waals surface area contributed by atoms with Crippen molar-refractivity contribution < 1.29 is 4.52 Å².